The van der Waals surface area contributed by atoms with Crippen molar-refractivity contribution in [2.45, 2.75) is 0 Å². The molecular weight excluding hydrogens is 540 g/mol. The maximum atomic E-state index is 12.4. The molecule has 43 heavy (non-hydrogen) atoms. The molecular formula is C36H28N2O5. The van der Waals surface area contributed by atoms with Gasteiger partial charge in [-0.2, -0.15) is 0 Å². The van der Waals surface area contributed by atoms with Crippen LogP contribution in [0.4, 0.5) is 11.4 Å². The van der Waals surface area contributed by atoms with Crippen molar-refractivity contribution in [1.29, 1.82) is 0 Å². The number of fused-ring (bicyclic) bond motifs is 2. The van der Waals surface area contributed by atoms with Crippen LogP contribution in [0.5, 0.6) is 23.0 Å². The molecule has 0 atom stereocenters. The van der Waals surface area contributed by atoms with E-state index in [9.17, 15) is 9.59 Å². The fourth-order valence-electron chi connectivity index (χ4n) is 4.55. The van der Waals surface area contributed by atoms with Gasteiger partial charge in [0.05, 0.1) is 0 Å². The van der Waals surface area contributed by atoms with Gasteiger partial charge in [-0.05, 0) is 94.3 Å². The molecule has 7 nitrogen and oxygen atoms in total. The van der Waals surface area contributed by atoms with Crippen molar-refractivity contribution in [2.75, 3.05) is 23.8 Å². The Labute approximate surface area is 248 Å². The first-order chi connectivity index (χ1) is 21.1. The molecule has 0 aromatic heterocycles. The Morgan fingerprint density at radius 1 is 0.442 bits per heavy atom. The van der Waals surface area contributed by atoms with Gasteiger partial charge >= 0.3 is 0 Å². The second-order valence-corrected chi connectivity index (χ2v) is 9.84. The van der Waals surface area contributed by atoms with Crippen LogP contribution in [-0.4, -0.2) is 25.0 Å². The average Bonchev–Trinajstić information content (AvgIpc) is 3.04. The predicted octanol–water partition coefficient (Wildman–Crippen LogP) is 7.82. The molecule has 0 aliphatic heterocycles. The third-order valence-electron chi connectivity index (χ3n) is 6.69. The molecule has 0 aliphatic carbocycles. The lowest BCUT2D eigenvalue weighted by Crippen LogP contribution is -2.20. The van der Waals surface area contributed by atoms with Crippen LogP contribution in [-0.2, 0) is 9.59 Å². The number of ether oxygens (including phenoxy) is 3. The van der Waals surface area contributed by atoms with Crippen LogP contribution >= 0.6 is 0 Å². The summed E-state index contributed by atoms with van der Waals surface area (Å²) in [6, 6.07) is 41.5. The third kappa shape index (κ3) is 7.28. The summed E-state index contributed by atoms with van der Waals surface area (Å²) < 4.78 is 17.2. The van der Waals surface area contributed by atoms with Crippen molar-refractivity contribution in [3.05, 3.63) is 133 Å². The standard InChI is InChI=1S/C36H28N2O5/c39-35(23-41-33-15-9-25-5-1-3-7-27(25)21-33)37-29-11-17-31(18-12-29)43-32-19-13-30(14-20-32)38-36(40)24-42-34-16-10-26-6-2-4-8-28(26)22-34/h1-22H,23-24H2,(H,37,39)(H,38,40). The molecule has 0 heterocycles. The molecule has 6 rings (SSSR count). The molecule has 0 bridgehead atoms. The Kier molecular flexibility index (Phi) is 8.13. The van der Waals surface area contributed by atoms with Crippen molar-refractivity contribution in [3.63, 3.8) is 0 Å². The van der Waals surface area contributed by atoms with E-state index in [1.807, 2.05) is 84.9 Å². The number of benzene rings is 6. The van der Waals surface area contributed by atoms with E-state index in [-0.39, 0.29) is 25.0 Å². The quantitative estimate of drug-likeness (QED) is 0.176. The second-order valence-electron chi connectivity index (χ2n) is 9.84. The number of rotatable bonds is 10. The highest BCUT2D eigenvalue weighted by Gasteiger charge is 2.07. The molecule has 0 radical (unpaired) electrons. The minimum Gasteiger partial charge on any atom is -0.484 e. The lowest BCUT2D eigenvalue weighted by molar-refractivity contribution is -0.118. The zero-order valence-electron chi connectivity index (χ0n) is 23.2. The van der Waals surface area contributed by atoms with E-state index in [1.165, 1.54) is 0 Å². The summed E-state index contributed by atoms with van der Waals surface area (Å²) >= 11 is 0. The summed E-state index contributed by atoms with van der Waals surface area (Å²) in [6.07, 6.45) is 0. The number of hydrogen-bond donors (Lipinski definition) is 2. The van der Waals surface area contributed by atoms with E-state index < -0.39 is 0 Å². The predicted molar refractivity (Wildman–Crippen MR) is 169 cm³/mol. The molecule has 7 heteroatoms. The van der Waals surface area contributed by atoms with Crippen LogP contribution in [0.1, 0.15) is 0 Å². The topological polar surface area (TPSA) is 85.9 Å². The van der Waals surface area contributed by atoms with Gasteiger partial charge in [0.1, 0.15) is 23.0 Å². The molecule has 6 aromatic carbocycles. The zero-order chi connectivity index (χ0) is 29.4. The molecule has 0 spiro atoms. The Balaban J connectivity index is 0.949. The Bertz CT molecular complexity index is 1750. The maximum absolute atomic E-state index is 12.4. The van der Waals surface area contributed by atoms with Crippen molar-refractivity contribution in [3.8, 4) is 23.0 Å². The SMILES string of the molecule is O=C(COc1ccc2ccccc2c1)Nc1ccc(Oc2ccc(NC(=O)COc3ccc4ccccc4c3)cc2)cc1. The number of carbonyl (C=O) groups excluding carboxylic acids is 2. The van der Waals surface area contributed by atoms with Gasteiger partial charge in [0.15, 0.2) is 13.2 Å². The van der Waals surface area contributed by atoms with E-state index in [4.69, 9.17) is 14.2 Å². The minimum atomic E-state index is -0.262. The highest BCUT2D eigenvalue weighted by molar-refractivity contribution is 5.93. The largest absolute Gasteiger partial charge is 0.484 e. The van der Waals surface area contributed by atoms with E-state index >= 15 is 0 Å². The van der Waals surface area contributed by atoms with Crippen molar-refractivity contribution in [2.24, 2.45) is 0 Å². The van der Waals surface area contributed by atoms with Gasteiger partial charge < -0.3 is 24.8 Å². The second kappa shape index (κ2) is 12.8. The molecule has 2 N–H and O–H groups in total. The zero-order valence-corrected chi connectivity index (χ0v) is 23.2. The fourth-order valence-corrected chi connectivity index (χ4v) is 4.55. The van der Waals surface area contributed by atoms with Crippen LogP contribution in [0.2, 0.25) is 0 Å². The average molecular weight is 569 g/mol. The highest BCUT2D eigenvalue weighted by atomic mass is 16.5. The lowest BCUT2D eigenvalue weighted by atomic mass is 10.1. The monoisotopic (exact) mass is 568 g/mol. The molecule has 0 saturated heterocycles. The van der Waals surface area contributed by atoms with Crippen molar-refractivity contribution < 1.29 is 23.8 Å². The Morgan fingerprint density at radius 3 is 1.23 bits per heavy atom. The summed E-state index contributed by atoms with van der Waals surface area (Å²) in [7, 11) is 0. The van der Waals surface area contributed by atoms with Gasteiger partial charge in [0.25, 0.3) is 11.8 Å². The van der Waals surface area contributed by atoms with Gasteiger partial charge in [-0.25, -0.2) is 0 Å². The molecule has 0 aliphatic rings. The maximum Gasteiger partial charge on any atom is 0.262 e. The Morgan fingerprint density at radius 2 is 0.814 bits per heavy atom. The summed E-state index contributed by atoms with van der Waals surface area (Å²) in [4.78, 5) is 24.8. The van der Waals surface area contributed by atoms with E-state index in [2.05, 4.69) is 10.6 Å². The Hall–Kier alpha value is -5.82. The van der Waals surface area contributed by atoms with Crippen molar-refractivity contribution >= 4 is 44.7 Å². The minimum absolute atomic E-state index is 0.102. The molecule has 212 valence electrons. The lowest BCUT2D eigenvalue weighted by Gasteiger charge is -2.11. The van der Waals surface area contributed by atoms with Gasteiger partial charge in [0, 0.05) is 11.4 Å². The van der Waals surface area contributed by atoms with E-state index in [0.717, 1.165) is 21.5 Å². The van der Waals surface area contributed by atoms with Crippen LogP contribution in [0.15, 0.2) is 133 Å². The number of anilines is 2. The van der Waals surface area contributed by atoms with E-state index in [1.54, 1.807) is 48.5 Å². The number of amides is 2. The van der Waals surface area contributed by atoms with Crippen LogP contribution in [0.25, 0.3) is 21.5 Å². The molecule has 0 saturated carbocycles. The van der Waals surface area contributed by atoms with Crippen LogP contribution < -0.4 is 24.8 Å². The van der Waals surface area contributed by atoms with Crippen molar-refractivity contribution in [1.82, 2.24) is 0 Å². The fraction of sp³-hybridized carbons (Fsp3) is 0.0556. The highest BCUT2D eigenvalue weighted by Crippen LogP contribution is 2.25. The molecule has 0 unspecified atom stereocenters. The van der Waals surface area contributed by atoms with Gasteiger partial charge in [-0.3, -0.25) is 9.59 Å². The number of carbonyl (C=O) groups is 2. The van der Waals surface area contributed by atoms with E-state index in [0.29, 0.717) is 34.4 Å². The molecule has 2 amide bonds. The van der Waals surface area contributed by atoms with Crippen LogP contribution in [0.3, 0.4) is 0 Å². The first-order valence-electron chi connectivity index (χ1n) is 13.8. The smallest absolute Gasteiger partial charge is 0.262 e. The number of hydrogen-bond acceptors (Lipinski definition) is 5. The molecule has 0 fully saturated rings. The number of nitrogens with one attached hydrogen (secondary N) is 2. The summed E-state index contributed by atoms with van der Waals surface area (Å²) in [5.74, 6) is 1.95. The molecule has 6 aromatic rings. The van der Waals surface area contributed by atoms with Crippen LogP contribution in [0, 0.1) is 0 Å². The normalized spacial score (nSPS) is 10.7. The third-order valence-corrected chi connectivity index (χ3v) is 6.69. The van der Waals surface area contributed by atoms with Gasteiger partial charge in [0.2, 0.25) is 0 Å². The van der Waals surface area contributed by atoms with Gasteiger partial charge in [-0.15, -0.1) is 0 Å². The summed E-state index contributed by atoms with van der Waals surface area (Å²) in [6.45, 7) is -0.204. The van der Waals surface area contributed by atoms with Gasteiger partial charge in [-0.1, -0.05) is 60.7 Å². The first kappa shape index (κ1) is 27.4. The summed E-state index contributed by atoms with van der Waals surface area (Å²) in [5, 5.41) is 9.98. The first-order valence-corrected chi connectivity index (χ1v) is 13.8. The summed E-state index contributed by atoms with van der Waals surface area (Å²) in [5.41, 5.74) is 1.26.